The summed E-state index contributed by atoms with van der Waals surface area (Å²) in [4.78, 5) is 0. The molecule has 2 N–H and O–H groups in total. The largest absolute Gasteiger partial charge is 0.507 e. The zero-order valence-electron chi connectivity index (χ0n) is 13.8. The molecule has 0 saturated carbocycles. The third-order valence-electron chi connectivity index (χ3n) is 4.68. The van der Waals surface area contributed by atoms with Gasteiger partial charge in [0.1, 0.15) is 17.2 Å². The number of benzene rings is 4. The van der Waals surface area contributed by atoms with Crippen molar-refractivity contribution in [1.82, 2.24) is 0 Å². The van der Waals surface area contributed by atoms with Crippen molar-refractivity contribution in [2.45, 2.75) is 0 Å². The van der Waals surface area contributed by atoms with Gasteiger partial charge in [0, 0.05) is 21.6 Å². The van der Waals surface area contributed by atoms with Crippen LogP contribution in [-0.2, 0) is 0 Å². The van der Waals surface area contributed by atoms with Crippen molar-refractivity contribution in [3.05, 3.63) is 78.9 Å². The van der Waals surface area contributed by atoms with Gasteiger partial charge in [0.2, 0.25) is 0 Å². The molecule has 1 atom stereocenters. The second kappa shape index (κ2) is 5.76. The molecule has 126 valence electrons. The lowest BCUT2D eigenvalue weighted by molar-refractivity contribution is 0.478. The van der Waals surface area contributed by atoms with Crippen LogP contribution >= 0.6 is 8.15 Å². The number of phenolic OH excluding ortho intramolecular Hbond substituents is 2. The third-order valence-corrected chi connectivity index (χ3v) is 6.76. The maximum atomic E-state index is 10.7. The van der Waals surface area contributed by atoms with Gasteiger partial charge in [-0.3, -0.25) is 0 Å². The average Bonchev–Trinajstić information content (AvgIpc) is 2.68. The molecule has 0 aromatic heterocycles. The summed E-state index contributed by atoms with van der Waals surface area (Å²) in [7, 11) is -1.26. The molecule has 3 nitrogen and oxygen atoms in total. The SMILES string of the molecule is Oc1ccc2c(O)cccc2c1P1Oc2ccccc2-c2ccccc21. The zero-order valence-corrected chi connectivity index (χ0v) is 14.6. The number of hydrogen-bond donors (Lipinski definition) is 2. The summed E-state index contributed by atoms with van der Waals surface area (Å²) in [5.41, 5.74) is 2.18. The molecule has 0 fully saturated rings. The molecule has 0 saturated heterocycles. The molecule has 4 aromatic rings. The van der Waals surface area contributed by atoms with Crippen molar-refractivity contribution in [3.8, 4) is 28.4 Å². The van der Waals surface area contributed by atoms with Crippen molar-refractivity contribution in [2.75, 3.05) is 0 Å². The quantitative estimate of drug-likeness (QED) is 0.487. The molecular formula is C22H15O3P. The second-order valence-corrected chi connectivity index (χ2v) is 7.90. The molecule has 0 bridgehead atoms. The van der Waals surface area contributed by atoms with E-state index in [0.29, 0.717) is 5.39 Å². The van der Waals surface area contributed by atoms with Gasteiger partial charge in [-0.25, -0.2) is 0 Å². The molecule has 0 radical (unpaired) electrons. The predicted octanol–water partition coefficient (Wildman–Crippen LogP) is 4.66. The smallest absolute Gasteiger partial charge is 0.155 e. The lowest BCUT2D eigenvalue weighted by Crippen LogP contribution is -2.22. The van der Waals surface area contributed by atoms with Crippen LogP contribution in [0.5, 0.6) is 17.2 Å². The average molecular weight is 358 g/mol. The molecule has 4 heteroatoms. The highest BCUT2D eigenvalue weighted by Gasteiger charge is 2.31. The van der Waals surface area contributed by atoms with Crippen LogP contribution in [0.25, 0.3) is 21.9 Å². The van der Waals surface area contributed by atoms with E-state index >= 15 is 0 Å². The summed E-state index contributed by atoms with van der Waals surface area (Å²) in [5, 5.41) is 24.2. The highest BCUT2D eigenvalue weighted by molar-refractivity contribution is 7.70. The fourth-order valence-corrected chi connectivity index (χ4v) is 5.61. The Morgan fingerprint density at radius 3 is 2.27 bits per heavy atom. The van der Waals surface area contributed by atoms with Crippen LogP contribution in [0.2, 0.25) is 0 Å². The van der Waals surface area contributed by atoms with Crippen molar-refractivity contribution in [2.24, 2.45) is 0 Å². The number of hydrogen-bond acceptors (Lipinski definition) is 3. The number of fused-ring (bicyclic) bond motifs is 4. The van der Waals surface area contributed by atoms with Crippen LogP contribution in [0.4, 0.5) is 0 Å². The highest BCUT2D eigenvalue weighted by Crippen LogP contribution is 2.50. The van der Waals surface area contributed by atoms with Gasteiger partial charge in [-0.15, -0.1) is 0 Å². The molecule has 5 rings (SSSR count). The minimum absolute atomic E-state index is 0.184. The number of aromatic hydroxyl groups is 2. The van der Waals surface area contributed by atoms with E-state index in [1.54, 1.807) is 24.3 Å². The van der Waals surface area contributed by atoms with E-state index in [1.165, 1.54) is 0 Å². The van der Waals surface area contributed by atoms with Gasteiger partial charge in [-0.05, 0) is 29.8 Å². The van der Waals surface area contributed by atoms with Crippen molar-refractivity contribution >= 4 is 29.5 Å². The molecule has 0 amide bonds. The van der Waals surface area contributed by atoms with E-state index in [1.807, 2.05) is 36.4 Å². The number of phenols is 2. The lowest BCUT2D eigenvalue weighted by atomic mass is 10.0. The Morgan fingerprint density at radius 1 is 0.615 bits per heavy atom. The zero-order chi connectivity index (χ0) is 17.7. The normalized spacial score (nSPS) is 15.2. The van der Waals surface area contributed by atoms with Gasteiger partial charge < -0.3 is 14.7 Å². The molecule has 26 heavy (non-hydrogen) atoms. The first-order valence-corrected chi connectivity index (χ1v) is 9.60. The van der Waals surface area contributed by atoms with Crippen molar-refractivity contribution in [1.29, 1.82) is 0 Å². The van der Waals surface area contributed by atoms with Gasteiger partial charge >= 0.3 is 0 Å². The lowest BCUT2D eigenvalue weighted by Gasteiger charge is -2.29. The Kier molecular flexibility index (Phi) is 3.37. The van der Waals surface area contributed by atoms with Gasteiger partial charge in [-0.1, -0.05) is 54.6 Å². The summed E-state index contributed by atoms with van der Waals surface area (Å²) >= 11 is 0. The van der Waals surface area contributed by atoms with Gasteiger partial charge in [0.05, 0.1) is 5.30 Å². The first kappa shape index (κ1) is 15.2. The molecule has 4 aromatic carbocycles. The van der Waals surface area contributed by atoms with Crippen molar-refractivity contribution < 1.29 is 14.7 Å². The fraction of sp³-hybridized carbons (Fsp3) is 0. The maximum Gasteiger partial charge on any atom is 0.155 e. The monoisotopic (exact) mass is 358 g/mol. The Labute approximate surface area is 152 Å². The van der Waals surface area contributed by atoms with Gasteiger partial charge in [0.25, 0.3) is 0 Å². The Morgan fingerprint density at radius 2 is 1.38 bits per heavy atom. The van der Waals surface area contributed by atoms with Crippen LogP contribution in [0.15, 0.2) is 78.9 Å². The number of para-hydroxylation sites is 1. The highest BCUT2D eigenvalue weighted by atomic mass is 31.1. The van der Waals surface area contributed by atoms with Crippen LogP contribution in [0.1, 0.15) is 0 Å². The summed E-state index contributed by atoms with van der Waals surface area (Å²) in [6, 6.07) is 24.8. The van der Waals surface area contributed by atoms with E-state index in [0.717, 1.165) is 32.9 Å². The standard InChI is InChI=1S/C22H15O3P/c23-18-9-5-8-17-14(18)12-13-19(24)22(17)26-21-11-4-2-7-16(21)15-6-1-3-10-20(15)25-26/h1-13,23-24H. The van der Waals surface area contributed by atoms with E-state index in [-0.39, 0.29) is 11.5 Å². The summed E-state index contributed by atoms with van der Waals surface area (Å²) < 4.78 is 6.40. The Bertz CT molecular complexity index is 1150. The van der Waals surface area contributed by atoms with Crippen LogP contribution < -0.4 is 15.1 Å². The van der Waals surface area contributed by atoms with Crippen LogP contribution in [-0.4, -0.2) is 10.2 Å². The molecule has 1 unspecified atom stereocenters. The van der Waals surface area contributed by atoms with E-state index in [9.17, 15) is 10.2 Å². The third kappa shape index (κ3) is 2.18. The minimum Gasteiger partial charge on any atom is -0.507 e. The molecular weight excluding hydrogens is 343 g/mol. The maximum absolute atomic E-state index is 10.7. The van der Waals surface area contributed by atoms with Crippen molar-refractivity contribution in [3.63, 3.8) is 0 Å². The summed E-state index contributed by atoms with van der Waals surface area (Å²) in [6.07, 6.45) is 0. The van der Waals surface area contributed by atoms with Gasteiger partial charge in [0.15, 0.2) is 8.15 Å². The van der Waals surface area contributed by atoms with E-state index in [4.69, 9.17) is 4.52 Å². The summed E-state index contributed by atoms with van der Waals surface area (Å²) in [5.74, 6) is 1.20. The Hall–Kier alpha value is -3.03. The fourth-order valence-electron chi connectivity index (χ4n) is 3.49. The molecule has 1 aliphatic rings. The molecule has 1 heterocycles. The Balaban J connectivity index is 1.82. The predicted molar refractivity (Wildman–Crippen MR) is 106 cm³/mol. The molecule has 0 spiro atoms. The first-order valence-electron chi connectivity index (χ1n) is 8.34. The number of rotatable bonds is 1. The van der Waals surface area contributed by atoms with Gasteiger partial charge in [-0.2, -0.15) is 0 Å². The van der Waals surface area contributed by atoms with E-state index in [2.05, 4.69) is 18.2 Å². The first-order chi connectivity index (χ1) is 12.7. The summed E-state index contributed by atoms with van der Waals surface area (Å²) in [6.45, 7) is 0. The molecule has 1 aliphatic heterocycles. The minimum atomic E-state index is -1.26. The van der Waals surface area contributed by atoms with E-state index < -0.39 is 8.15 Å². The topological polar surface area (TPSA) is 49.7 Å². The van der Waals surface area contributed by atoms with Crippen LogP contribution in [0, 0.1) is 0 Å². The van der Waals surface area contributed by atoms with Crippen LogP contribution in [0.3, 0.4) is 0 Å². The second-order valence-electron chi connectivity index (χ2n) is 6.20. The molecule has 0 aliphatic carbocycles.